The summed E-state index contributed by atoms with van der Waals surface area (Å²) in [5.41, 5.74) is 1.54. The molecule has 0 aliphatic heterocycles. The Hall–Kier alpha value is -3.10. The first kappa shape index (κ1) is 22.1. The van der Waals surface area contributed by atoms with Crippen molar-refractivity contribution in [3.63, 3.8) is 0 Å². The second kappa shape index (κ2) is 10.5. The van der Waals surface area contributed by atoms with Crippen molar-refractivity contribution in [3.8, 4) is 17.2 Å². The highest BCUT2D eigenvalue weighted by Crippen LogP contribution is 2.25. The van der Waals surface area contributed by atoms with Gasteiger partial charge < -0.3 is 9.47 Å². The van der Waals surface area contributed by atoms with Crippen molar-refractivity contribution in [2.75, 3.05) is 12.9 Å². The molecule has 3 aromatic carbocycles. The number of hydrogen-bond acceptors (Lipinski definition) is 6. The minimum absolute atomic E-state index is 0.00734. The minimum Gasteiger partial charge on any atom is -0.497 e. The fourth-order valence-electron chi connectivity index (χ4n) is 2.99. The van der Waals surface area contributed by atoms with Gasteiger partial charge in [0.25, 0.3) is 0 Å². The fraction of sp³-hybridized carbons (Fsp3) is 0.125. The summed E-state index contributed by atoms with van der Waals surface area (Å²) in [6, 6.07) is 24.5. The Bertz CT molecular complexity index is 1180. The number of halogens is 1. The number of ketones is 1. The molecule has 0 saturated carbocycles. The number of para-hydroxylation sites is 1. The van der Waals surface area contributed by atoms with Crippen molar-refractivity contribution in [1.82, 2.24) is 14.8 Å². The number of Topliss-reactive ketones (excluding diaryl/α,β-unsaturated/α-hetero) is 1. The van der Waals surface area contributed by atoms with Crippen LogP contribution in [0.4, 0.5) is 0 Å². The maximum atomic E-state index is 12.7. The maximum absolute atomic E-state index is 12.7. The Balaban J connectivity index is 1.52. The number of rotatable bonds is 9. The van der Waals surface area contributed by atoms with Gasteiger partial charge in [0.1, 0.15) is 18.1 Å². The molecule has 8 heteroatoms. The topological polar surface area (TPSA) is 66.2 Å². The molecular weight excluding hydrogens is 490 g/mol. The maximum Gasteiger partial charge on any atom is 0.196 e. The molecule has 0 spiro atoms. The Morgan fingerprint density at radius 3 is 2.31 bits per heavy atom. The van der Waals surface area contributed by atoms with Gasteiger partial charge in [-0.3, -0.25) is 9.36 Å². The van der Waals surface area contributed by atoms with E-state index in [0.717, 1.165) is 15.9 Å². The van der Waals surface area contributed by atoms with E-state index < -0.39 is 0 Å². The van der Waals surface area contributed by atoms with Crippen molar-refractivity contribution >= 4 is 33.5 Å². The van der Waals surface area contributed by atoms with E-state index in [1.54, 1.807) is 31.4 Å². The number of methoxy groups -OCH3 is 1. The molecule has 0 unspecified atom stereocenters. The Morgan fingerprint density at radius 1 is 0.938 bits per heavy atom. The number of ether oxygens (including phenoxy) is 2. The SMILES string of the molecule is COc1ccc(C(=O)CSc2nnc(COc3ccc(Br)cc3)n2-c2ccccc2)cc1. The Kier molecular flexibility index (Phi) is 7.24. The third kappa shape index (κ3) is 5.38. The summed E-state index contributed by atoms with van der Waals surface area (Å²) in [5, 5.41) is 9.29. The highest BCUT2D eigenvalue weighted by atomic mass is 79.9. The van der Waals surface area contributed by atoms with E-state index in [0.29, 0.717) is 22.3 Å². The van der Waals surface area contributed by atoms with Crippen molar-refractivity contribution in [2.24, 2.45) is 0 Å². The van der Waals surface area contributed by atoms with Crippen LogP contribution in [0.3, 0.4) is 0 Å². The van der Waals surface area contributed by atoms with Gasteiger partial charge in [0.15, 0.2) is 16.8 Å². The van der Waals surface area contributed by atoms with E-state index in [1.807, 2.05) is 59.2 Å². The van der Waals surface area contributed by atoms with Gasteiger partial charge in [-0.15, -0.1) is 10.2 Å². The molecule has 0 radical (unpaired) electrons. The molecule has 0 aliphatic rings. The molecule has 6 nitrogen and oxygen atoms in total. The fourth-order valence-corrected chi connectivity index (χ4v) is 4.12. The van der Waals surface area contributed by atoms with Crippen LogP contribution in [0.2, 0.25) is 0 Å². The summed E-state index contributed by atoms with van der Waals surface area (Å²) in [4.78, 5) is 12.7. The van der Waals surface area contributed by atoms with E-state index in [1.165, 1.54) is 11.8 Å². The normalized spacial score (nSPS) is 10.7. The van der Waals surface area contributed by atoms with Gasteiger partial charge >= 0.3 is 0 Å². The van der Waals surface area contributed by atoms with E-state index in [2.05, 4.69) is 26.1 Å². The molecule has 0 fully saturated rings. The van der Waals surface area contributed by atoms with Crippen LogP contribution in [-0.2, 0) is 6.61 Å². The van der Waals surface area contributed by atoms with Crippen molar-refractivity contribution in [2.45, 2.75) is 11.8 Å². The van der Waals surface area contributed by atoms with Gasteiger partial charge in [0, 0.05) is 15.7 Å². The molecule has 0 bridgehead atoms. The zero-order valence-electron chi connectivity index (χ0n) is 17.3. The number of aromatic nitrogens is 3. The van der Waals surface area contributed by atoms with Gasteiger partial charge in [0.2, 0.25) is 0 Å². The lowest BCUT2D eigenvalue weighted by Gasteiger charge is -2.11. The lowest BCUT2D eigenvalue weighted by molar-refractivity contribution is 0.102. The molecule has 32 heavy (non-hydrogen) atoms. The first-order valence-electron chi connectivity index (χ1n) is 9.82. The van der Waals surface area contributed by atoms with Gasteiger partial charge in [-0.25, -0.2) is 0 Å². The van der Waals surface area contributed by atoms with Gasteiger partial charge in [-0.05, 0) is 60.7 Å². The number of thioether (sulfide) groups is 1. The monoisotopic (exact) mass is 509 g/mol. The van der Waals surface area contributed by atoms with E-state index in [9.17, 15) is 4.79 Å². The number of hydrogen-bond donors (Lipinski definition) is 0. The molecule has 1 heterocycles. The van der Waals surface area contributed by atoms with Gasteiger partial charge in [0.05, 0.1) is 12.9 Å². The van der Waals surface area contributed by atoms with Crippen molar-refractivity contribution in [3.05, 3.63) is 94.7 Å². The highest BCUT2D eigenvalue weighted by Gasteiger charge is 2.17. The van der Waals surface area contributed by atoms with Crippen LogP contribution in [-0.4, -0.2) is 33.4 Å². The zero-order chi connectivity index (χ0) is 22.3. The molecule has 0 amide bonds. The Labute approximate surface area is 198 Å². The third-order valence-corrected chi connectivity index (χ3v) is 6.10. The molecule has 0 saturated heterocycles. The summed E-state index contributed by atoms with van der Waals surface area (Å²) in [7, 11) is 1.60. The molecule has 0 N–H and O–H groups in total. The summed E-state index contributed by atoms with van der Waals surface area (Å²) >= 11 is 4.77. The van der Waals surface area contributed by atoms with E-state index in [4.69, 9.17) is 9.47 Å². The number of carbonyl (C=O) groups excluding carboxylic acids is 1. The molecular formula is C24H20BrN3O3S. The summed E-state index contributed by atoms with van der Waals surface area (Å²) in [6.45, 7) is 0.247. The molecule has 162 valence electrons. The van der Waals surface area contributed by atoms with Crippen LogP contribution in [0.5, 0.6) is 11.5 Å². The standard InChI is InChI=1S/C24H20BrN3O3S/c1-30-20-11-7-17(8-12-20)22(29)16-32-24-27-26-23(28(24)19-5-3-2-4-6-19)15-31-21-13-9-18(25)10-14-21/h2-14H,15-16H2,1H3. The van der Waals surface area contributed by atoms with Crippen LogP contribution >= 0.6 is 27.7 Å². The largest absolute Gasteiger partial charge is 0.497 e. The summed E-state index contributed by atoms with van der Waals surface area (Å²) in [6.07, 6.45) is 0. The van der Waals surface area contributed by atoms with Gasteiger partial charge in [-0.1, -0.05) is 45.9 Å². The van der Waals surface area contributed by atoms with Crippen molar-refractivity contribution in [1.29, 1.82) is 0 Å². The molecule has 4 aromatic rings. The molecule has 0 atom stereocenters. The summed E-state index contributed by atoms with van der Waals surface area (Å²) in [5.74, 6) is 2.35. The lowest BCUT2D eigenvalue weighted by atomic mass is 10.1. The number of nitrogens with zero attached hydrogens (tertiary/aromatic N) is 3. The average molecular weight is 510 g/mol. The van der Waals surface area contributed by atoms with Gasteiger partial charge in [-0.2, -0.15) is 0 Å². The lowest BCUT2D eigenvalue weighted by Crippen LogP contribution is -2.08. The first-order valence-corrected chi connectivity index (χ1v) is 11.6. The predicted octanol–water partition coefficient (Wildman–Crippen LogP) is 5.59. The second-order valence-corrected chi connectivity index (χ2v) is 8.61. The minimum atomic E-state index is 0.00734. The Morgan fingerprint density at radius 2 is 1.62 bits per heavy atom. The second-order valence-electron chi connectivity index (χ2n) is 6.75. The smallest absolute Gasteiger partial charge is 0.196 e. The van der Waals surface area contributed by atoms with E-state index >= 15 is 0 Å². The van der Waals surface area contributed by atoms with Crippen LogP contribution in [0.15, 0.2) is 88.5 Å². The predicted molar refractivity (Wildman–Crippen MR) is 128 cm³/mol. The molecule has 1 aromatic heterocycles. The third-order valence-electron chi connectivity index (χ3n) is 4.64. The van der Waals surface area contributed by atoms with Crippen LogP contribution < -0.4 is 9.47 Å². The molecule has 4 rings (SSSR count). The van der Waals surface area contributed by atoms with Crippen LogP contribution in [0, 0.1) is 0 Å². The van der Waals surface area contributed by atoms with E-state index in [-0.39, 0.29) is 18.1 Å². The number of benzene rings is 3. The summed E-state index contributed by atoms with van der Waals surface area (Å²) < 4.78 is 14.0. The average Bonchev–Trinajstić information content (AvgIpc) is 3.25. The first-order chi connectivity index (χ1) is 15.6. The van der Waals surface area contributed by atoms with Crippen LogP contribution in [0.1, 0.15) is 16.2 Å². The molecule has 0 aliphatic carbocycles. The zero-order valence-corrected chi connectivity index (χ0v) is 19.7. The number of carbonyl (C=O) groups is 1. The highest BCUT2D eigenvalue weighted by molar-refractivity contribution is 9.10. The van der Waals surface area contributed by atoms with Crippen molar-refractivity contribution < 1.29 is 14.3 Å². The quantitative estimate of drug-likeness (QED) is 0.216. The van der Waals surface area contributed by atoms with Crippen LogP contribution in [0.25, 0.3) is 5.69 Å².